The molecule has 0 rings (SSSR count). The van der Waals surface area contributed by atoms with Gasteiger partial charge >= 0.3 is 5.97 Å². The lowest BCUT2D eigenvalue weighted by Gasteiger charge is -2.24. The molecule has 0 aromatic carbocycles. The van der Waals surface area contributed by atoms with E-state index in [1.807, 2.05) is 12.2 Å². The van der Waals surface area contributed by atoms with Crippen molar-refractivity contribution in [3.8, 4) is 0 Å². The van der Waals surface area contributed by atoms with Gasteiger partial charge in [-0.1, -0.05) is 210 Å². The number of ether oxygens (including phenoxy) is 1. The minimum Gasteiger partial charge on any atom is -0.461 e. The number of carbonyl (C=O) groups excluding carboxylic acids is 2. The van der Waals surface area contributed by atoms with E-state index < -0.39 is 18.2 Å². The largest absolute Gasteiger partial charge is 0.461 e. The third-order valence-corrected chi connectivity index (χ3v) is 11.1. The Kier molecular flexibility index (Phi) is 44.7. The van der Waals surface area contributed by atoms with Gasteiger partial charge in [0.05, 0.1) is 25.2 Å². The molecule has 0 aliphatic rings. The average molecular weight is 826 g/mol. The number of aliphatic hydroxyl groups excluding tert-OH is 2. The van der Waals surface area contributed by atoms with Crippen LogP contribution in [0, 0.1) is 0 Å². The fourth-order valence-electron chi connectivity index (χ4n) is 7.23. The molecule has 0 heterocycles. The van der Waals surface area contributed by atoms with Gasteiger partial charge in [-0.25, -0.2) is 0 Å². The zero-order chi connectivity index (χ0) is 43.1. The van der Waals surface area contributed by atoms with E-state index in [4.69, 9.17) is 4.74 Å². The van der Waals surface area contributed by atoms with E-state index in [0.29, 0.717) is 19.3 Å². The van der Waals surface area contributed by atoms with Gasteiger partial charge < -0.3 is 20.3 Å². The number of hydrogen-bond acceptors (Lipinski definition) is 5. The van der Waals surface area contributed by atoms with E-state index in [0.717, 1.165) is 64.2 Å². The van der Waals surface area contributed by atoms with Crippen LogP contribution >= 0.6 is 0 Å². The average Bonchev–Trinajstić information content (AvgIpc) is 3.23. The summed E-state index contributed by atoms with van der Waals surface area (Å²) in [7, 11) is 0. The highest BCUT2D eigenvalue weighted by atomic mass is 16.5. The minimum atomic E-state index is -0.811. The molecule has 342 valence electrons. The van der Waals surface area contributed by atoms with Crippen LogP contribution in [-0.2, 0) is 14.3 Å². The van der Waals surface area contributed by atoms with Gasteiger partial charge in [0.25, 0.3) is 0 Å². The summed E-state index contributed by atoms with van der Waals surface area (Å²) in [6.07, 6.45) is 57.3. The number of nitrogens with one attached hydrogen (secondary N) is 1. The van der Waals surface area contributed by atoms with Gasteiger partial charge in [-0.3, -0.25) is 9.59 Å². The lowest BCUT2D eigenvalue weighted by molar-refractivity contribution is -0.150. The Morgan fingerprint density at radius 2 is 0.898 bits per heavy atom. The molecule has 0 bridgehead atoms. The van der Waals surface area contributed by atoms with Gasteiger partial charge in [0.15, 0.2) is 0 Å². The molecule has 0 aliphatic heterocycles. The Morgan fingerprint density at radius 3 is 1.41 bits per heavy atom. The second-order valence-corrected chi connectivity index (χ2v) is 16.9. The normalized spacial score (nSPS) is 13.8. The quantitative estimate of drug-likeness (QED) is 0.0323. The number of aliphatic hydroxyl groups is 2. The Bertz CT molecular complexity index is 1060. The Hall–Kier alpha value is -2.44. The molecule has 0 spiro atoms. The number of unbranched alkanes of at least 4 members (excludes halogenated alkanes) is 23. The molecule has 3 N–H and O–H groups in total. The first-order chi connectivity index (χ1) is 29.0. The number of carbonyl (C=O) groups is 2. The first kappa shape index (κ1) is 56.6. The monoisotopic (exact) mass is 826 g/mol. The number of esters is 1. The molecule has 3 atom stereocenters. The highest BCUT2D eigenvalue weighted by Crippen LogP contribution is 2.15. The van der Waals surface area contributed by atoms with E-state index in [1.165, 1.54) is 128 Å². The maximum absolute atomic E-state index is 13.1. The van der Waals surface area contributed by atoms with Gasteiger partial charge in [-0.15, -0.1) is 0 Å². The van der Waals surface area contributed by atoms with Gasteiger partial charge in [0.1, 0.15) is 6.10 Å². The number of rotatable bonds is 44. The van der Waals surface area contributed by atoms with Crippen molar-refractivity contribution in [1.82, 2.24) is 5.32 Å². The van der Waals surface area contributed by atoms with Crippen molar-refractivity contribution in [2.75, 3.05) is 6.61 Å². The zero-order valence-electron chi connectivity index (χ0n) is 38.9. The van der Waals surface area contributed by atoms with Crippen LogP contribution in [0.2, 0.25) is 0 Å². The highest BCUT2D eigenvalue weighted by molar-refractivity contribution is 5.77. The second-order valence-electron chi connectivity index (χ2n) is 16.9. The van der Waals surface area contributed by atoms with Crippen molar-refractivity contribution in [1.29, 1.82) is 0 Å². The van der Waals surface area contributed by atoms with Crippen molar-refractivity contribution in [3.63, 3.8) is 0 Å². The molecule has 1 amide bonds. The number of allylic oxidation sites excluding steroid dienone is 9. The van der Waals surface area contributed by atoms with Gasteiger partial charge in [-0.05, 0) is 70.6 Å². The maximum Gasteiger partial charge on any atom is 0.306 e. The fraction of sp³-hybridized carbons (Fsp3) is 0.774. The van der Waals surface area contributed by atoms with Crippen molar-refractivity contribution in [2.24, 2.45) is 0 Å². The molecule has 0 aromatic heterocycles. The lowest BCUT2D eigenvalue weighted by Crippen LogP contribution is -2.46. The minimum absolute atomic E-state index is 0.00249. The summed E-state index contributed by atoms with van der Waals surface area (Å²) in [5.74, 6) is -0.587. The van der Waals surface area contributed by atoms with Crippen LogP contribution in [0.4, 0.5) is 0 Å². The van der Waals surface area contributed by atoms with E-state index in [-0.39, 0.29) is 24.9 Å². The Morgan fingerprint density at radius 1 is 0.508 bits per heavy atom. The second kappa shape index (κ2) is 46.6. The Labute approximate surface area is 365 Å². The third kappa shape index (κ3) is 42.1. The Balaban J connectivity index is 4.72. The highest BCUT2D eigenvalue weighted by Gasteiger charge is 2.23. The summed E-state index contributed by atoms with van der Waals surface area (Å²) in [5.41, 5.74) is 0. The van der Waals surface area contributed by atoms with Gasteiger partial charge in [0, 0.05) is 12.8 Å². The van der Waals surface area contributed by atoms with Crippen LogP contribution in [0.3, 0.4) is 0 Å². The molecule has 0 saturated heterocycles. The molecule has 3 unspecified atom stereocenters. The van der Waals surface area contributed by atoms with Gasteiger partial charge in [-0.2, -0.15) is 0 Å². The molecule has 0 aromatic rings. The van der Waals surface area contributed by atoms with E-state index in [9.17, 15) is 19.8 Å². The molecule has 6 nitrogen and oxygen atoms in total. The first-order valence-electron chi connectivity index (χ1n) is 25.0. The summed E-state index contributed by atoms with van der Waals surface area (Å²) in [6, 6.07) is -0.731. The van der Waals surface area contributed by atoms with Crippen LogP contribution in [-0.4, -0.2) is 46.9 Å². The molecule has 0 saturated carbocycles. The van der Waals surface area contributed by atoms with Gasteiger partial charge in [0.2, 0.25) is 5.91 Å². The van der Waals surface area contributed by atoms with E-state index >= 15 is 0 Å². The standard InChI is InChI=1S/C53H95NO5/c1-4-7-10-13-16-19-21-23-25-27-29-31-34-37-40-43-46-53(58)59-49(44-41-38-35-33-30-28-26-24-22-20-17-14-11-8-5-2)47-52(57)54-50(48-55)51(56)45-42-39-36-32-18-15-12-9-6-3/h17,20,24-27,30,33,38,41,49-51,55-56H,4-16,18-19,21-23,28-29,31-32,34-37,39-40,42-48H2,1-3H3,(H,54,57)/b20-17-,26-24-,27-25+,33-30-,41-38-. The van der Waals surface area contributed by atoms with Crippen molar-refractivity contribution >= 4 is 11.9 Å². The summed E-state index contributed by atoms with van der Waals surface area (Å²) >= 11 is 0. The SMILES string of the molecule is CCCCC/C=C\C/C=C\C/C=C\C/C=C\CC(CC(=O)NC(CO)C(O)CCCCCCCCCCC)OC(=O)CCCCCCC/C=C/CCCCCCCCC. The first-order valence-corrected chi connectivity index (χ1v) is 25.0. The predicted molar refractivity (Wildman–Crippen MR) is 255 cm³/mol. The van der Waals surface area contributed by atoms with Crippen LogP contribution < -0.4 is 5.32 Å². The summed E-state index contributed by atoms with van der Waals surface area (Å²) in [6.45, 7) is 6.40. The molecular formula is C53H95NO5. The number of hydrogen-bond donors (Lipinski definition) is 3. The molecule has 6 heteroatoms. The van der Waals surface area contributed by atoms with Crippen molar-refractivity contribution in [3.05, 3.63) is 60.8 Å². The van der Waals surface area contributed by atoms with Crippen molar-refractivity contribution in [2.45, 2.75) is 257 Å². The predicted octanol–water partition coefficient (Wildman–Crippen LogP) is 14.8. The van der Waals surface area contributed by atoms with Crippen LogP contribution in [0.1, 0.15) is 239 Å². The maximum atomic E-state index is 13.1. The summed E-state index contributed by atoms with van der Waals surface area (Å²) in [4.78, 5) is 26.0. The van der Waals surface area contributed by atoms with E-state index in [2.05, 4.69) is 74.7 Å². The van der Waals surface area contributed by atoms with Crippen molar-refractivity contribution < 1.29 is 24.5 Å². The fourth-order valence-corrected chi connectivity index (χ4v) is 7.23. The summed E-state index contributed by atoms with van der Waals surface area (Å²) < 4.78 is 5.86. The topological polar surface area (TPSA) is 95.9 Å². The molecule has 59 heavy (non-hydrogen) atoms. The molecular weight excluding hydrogens is 731 g/mol. The molecule has 0 radical (unpaired) electrons. The number of amides is 1. The molecule has 0 fully saturated rings. The molecule has 0 aliphatic carbocycles. The smallest absolute Gasteiger partial charge is 0.306 e. The zero-order valence-corrected chi connectivity index (χ0v) is 38.9. The van der Waals surface area contributed by atoms with Crippen LogP contribution in [0.5, 0.6) is 0 Å². The van der Waals surface area contributed by atoms with E-state index in [1.54, 1.807) is 0 Å². The van der Waals surface area contributed by atoms with Crippen LogP contribution in [0.15, 0.2) is 60.8 Å². The summed E-state index contributed by atoms with van der Waals surface area (Å²) in [5, 5.41) is 23.6. The third-order valence-electron chi connectivity index (χ3n) is 11.1. The lowest BCUT2D eigenvalue weighted by atomic mass is 10.0. The van der Waals surface area contributed by atoms with Crippen LogP contribution in [0.25, 0.3) is 0 Å².